The van der Waals surface area contributed by atoms with Crippen LogP contribution in [-0.4, -0.2) is 41.0 Å². The molecule has 4 rings (SSSR count). The second-order valence-corrected chi connectivity index (χ2v) is 7.04. The molecule has 0 bridgehead atoms. The summed E-state index contributed by atoms with van der Waals surface area (Å²) >= 11 is 0. The number of methoxy groups -OCH3 is 1. The maximum atomic E-state index is 12.8. The van der Waals surface area contributed by atoms with Gasteiger partial charge in [0, 0.05) is 19.0 Å². The fraction of sp³-hybridized carbons (Fsp3) is 0.421. The molecule has 6 heteroatoms. The Morgan fingerprint density at radius 3 is 2.64 bits per heavy atom. The molecular formula is C19H21N3O3. The molecule has 1 aromatic heterocycles. The van der Waals surface area contributed by atoms with Gasteiger partial charge in [-0.25, -0.2) is 0 Å². The number of H-pyrrole nitrogens is 1. The predicted octanol–water partition coefficient (Wildman–Crippen LogP) is 2.19. The summed E-state index contributed by atoms with van der Waals surface area (Å²) in [7, 11) is 1.66. The molecule has 0 unspecified atom stereocenters. The molecule has 1 saturated carbocycles. The molecule has 1 atom stereocenters. The van der Waals surface area contributed by atoms with E-state index in [1.807, 2.05) is 17.0 Å². The van der Waals surface area contributed by atoms with Crippen LogP contribution in [0, 0.1) is 5.41 Å². The quantitative estimate of drug-likeness (QED) is 0.930. The molecule has 0 radical (unpaired) electrons. The van der Waals surface area contributed by atoms with Crippen LogP contribution in [0.3, 0.4) is 0 Å². The van der Waals surface area contributed by atoms with Gasteiger partial charge in [0.25, 0.3) is 11.5 Å². The zero-order valence-electron chi connectivity index (χ0n) is 14.2. The standard InChI is InChI=1S/C19H21N3O3/c1-25-14-5-3-13(4-6-14)15-11-22(12-19(15)7-2-8-19)18(24)16-9-20-10-17(23)21-16/h3-6,9-10,15H,2,7-8,11-12H2,1H3,(H,21,23)/t15-/m0/s1. The smallest absolute Gasteiger partial charge is 0.272 e. The van der Waals surface area contributed by atoms with Gasteiger partial charge in [-0.2, -0.15) is 0 Å². The number of nitrogens with zero attached hydrogens (tertiary/aromatic N) is 2. The maximum Gasteiger partial charge on any atom is 0.272 e. The molecule has 1 aliphatic carbocycles. The van der Waals surface area contributed by atoms with Crippen LogP contribution in [0.1, 0.15) is 41.2 Å². The van der Waals surface area contributed by atoms with E-state index in [4.69, 9.17) is 4.74 Å². The van der Waals surface area contributed by atoms with Crippen molar-refractivity contribution >= 4 is 5.91 Å². The van der Waals surface area contributed by atoms with Crippen LogP contribution >= 0.6 is 0 Å². The number of amides is 1. The number of ether oxygens (including phenoxy) is 1. The average molecular weight is 339 g/mol. The summed E-state index contributed by atoms with van der Waals surface area (Å²) in [6, 6.07) is 8.16. The highest BCUT2D eigenvalue weighted by atomic mass is 16.5. The van der Waals surface area contributed by atoms with Crippen molar-refractivity contribution in [3.05, 3.63) is 58.3 Å². The first-order chi connectivity index (χ1) is 12.1. The molecular weight excluding hydrogens is 318 g/mol. The van der Waals surface area contributed by atoms with Gasteiger partial charge in [-0.15, -0.1) is 0 Å². The van der Waals surface area contributed by atoms with E-state index in [1.54, 1.807) is 7.11 Å². The lowest BCUT2D eigenvalue weighted by Crippen LogP contribution is -2.38. The summed E-state index contributed by atoms with van der Waals surface area (Å²) in [4.78, 5) is 32.5. The maximum absolute atomic E-state index is 12.8. The fourth-order valence-corrected chi connectivity index (χ4v) is 4.21. The van der Waals surface area contributed by atoms with Crippen molar-refractivity contribution in [3.63, 3.8) is 0 Å². The second-order valence-electron chi connectivity index (χ2n) is 7.04. The van der Waals surface area contributed by atoms with Crippen LogP contribution in [0.2, 0.25) is 0 Å². The lowest BCUT2D eigenvalue weighted by atomic mass is 9.61. The molecule has 2 aliphatic rings. The van der Waals surface area contributed by atoms with Gasteiger partial charge in [0.1, 0.15) is 11.4 Å². The first-order valence-corrected chi connectivity index (χ1v) is 8.59. The van der Waals surface area contributed by atoms with Crippen LogP contribution in [0.15, 0.2) is 41.5 Å². The minimum Gasteiger partial charge on any atom is -0.497 e. The van der Waals surface area contributed by atoms with Crippen LogP contribution < -0.4 is 10.3 Å². The van der Waals surface area contributed by atoms with Crippen molar-refractivity contribution in [2.75, 3.05) is 20.2 Å². The van der Waals surface area contributed by atoms with E-state index in [-0.39, 0.29) is 22.6 Å². The normalized spacial score (nSPS) is 21.2. The van der Waals surface area contributed by atoms with E-state index < -0.39 is 0 Å². The highest BCUT2D eigenvalue weighted by Gasteiger charge is 2.52. The average Bonchev–Trinajstić information content (AvgIpc) is 3.02. The Labute approximate surface area is 145 Å². The molecule has 130 valence electrons. The van der Waals surface area contributed by atoms with Gasteiger partial charge in [-0.1, -0.05) is 18.6 Å². The second kappa shape index (κ2) is 6.02. The SMILES string of the molecule is COc1ccc([C@@H]2CN(C(=O)c3cncc(=O)[nH]3)CC23CCC3)cc1. The van der Waals surface area contributed by atoms with E-state index in [0.29, 0.717) is 12.5 Å². The number of carbonyl (C=O) groups excluding carboxylic acids is 1. The fourth-order valence-electron chi connectivity index (χ4n) is 4.21. The lowest BCUT2D eigenvalue weighted by molar-refractivity contribution is 0.0719. The number of nitrogens with one attached hydrogen (secondary N) is 1. The van der Waals surface area contributed by atoms with Crippen molar-refractivity contribution < 1.29 is 9.53 Å². The molecule has 25 heavy (non-hydrogen) atoms. The summed E-state index contributed by atoms with van der Waals surface area (Å²) in [5.74, 6) is 1.01. The highest BCUT2D eigenvalue weighted by molar-refractivity contribution is 5.92. The summed E-state index contributed by atoms with van der Waals surface area (Å²) in [6.45, 7) is 1.40. The van der Waals surface area contributed by atoms with Crippen molar-refractivity contribution in [1.82, 2.24) is 14.9 Å². The van der Waals surface area contributed by atoms with Gasteiger partial charge in [-0.05, 0) is 36.0 Å². The largest absolute Gasteiger partial charge is 0.497 e. The molecule has 1 amide bonds. The summed E-state index contributed by atoms with van der Waals surface area (Å²) in [5, 5.41) is 0. The molecule has 1 aromatic carbocycles. The Kier molecular flexibility index (Phi) is 3.82. The Balaban J connectivity index is 1.60. The molecule has 1 saturated heterocycles. The lowest BCUT2D eigenvalue weighted by Gasteiger charge is -2.43. The third kappa shape index (κ3) is 2.71. The van der Waals surface area contributed by atoms with Crippen molar-refractivity contribution in [3.8, 4) is 5.75 Å². The molecule has 1 spiro atoms. The van der Waals surface area contributed by atoms with Crippen LogP contribution in [0.25, 0.3) is 0 Å². The Hall–Kier alpha value is -2.63. The third-order valence-electron chi connectivity index (χ3n) is 5.69. The molecule has 1 aliphatic heterocycles. The van der Waals surface area contributed by atoms with Gasteiger partial charge < -0.3 is 14.6 Å². The van der Waals surface area contributed by atoms with Crippen LogP contribution in [0.5, 0.6) is 5.75 Å². The number of hydrogen-bond donors (Lipinski definition) is 1. The number of hydrogen-bond acceptors (Lipinski definition) is 4. The number of aromatic nitrogens is 2. The topological polar surface area (TPSA) is 75.3 Å². The summed E-state index contributed by atoms with van der Waals surface area (Å²) < 4.78 is 5.25. The van der Waals surface area contributed by atoms with Gasteiger partial charge >= 0.3 is 0 Å². The van der Waals surface area contributed by atoms with Crippen molar-refractivity contribution in [2.45, 2.75) is 25.2 Å². The molecule has 1 N–H and O–H groups in total. The summed E-state index contributed by atoms with van der Waals surface area (Å²) in [6.07, 6.45) is 6.08. The predicted molar refractivity (Wildman–Crippen MR) is 92.8 cm³/mol. The van der Waals surface area contributed by atoms with E-state index >= 15 is 0 Å². The first-order valence-electron chi connectivity index (χ1n) is 8.59. The van der Waals surface area contributed by atoms with Crippen molar-refractivity contribution in [2.24, 2.45) is 5.41 Å². The number of aromatic amines is 1. The molecule has 2 aromatic rings. The highest BCUT2D eigenvalue weighted by Crippen LogP contribution is 2.55. The van der Waals surface area contributed by atoms with E-state index in [1.165, 1.54) is 24.4 Å². The Morgan fingerprint density at radius 1 is 1.28 bits per heavy atom. The number of rotatable bonds is 3. The monoisotopic (exact) mass is 339 g/mol. The zero-order chi connectivity index (χ0) is 17.4. The number of benzene rings is 1. The van der Waals surface area contributed by atoms with Gasteiger partial charge in [-0.3, -0.25) is 14.6 Å². The van der Waals surface area contributed by atoms with Crippen LogP contribution in [-0.2, 0) is 0 Å². The molecule has 2 fully saturated rings. The van der Waals surface area contributed by atoms with Crippen LogP contribution in [0.4, 0.5) is 0 Å². The van der Waals surface area contributed by atoms with E-state index in [9.17, 15) is 9.59 Å². The minimum absolute atomic E-state index is 0.146. The molecule has 2 heterocycles. The number of carbonyl (C=O) groups is 1. The Morgan fingerprint density at radius 2 is 2.04 bits per heavy atom. The zero-order valence-corrected chi connectivity index (χ0v) is 14.2. The van der Waals surface area contributed by atoms with Gasteiger partial charge in [0.05, 0.1) is 19.5 Å². The first kappa shape index (κ1) is 15.9. The Bertz CT molecular complexity index is 839. The van der Waals surface area contributed by atoms with Gasteiger partial charge in [0.15, 0.2) is 0 Å². The number of likely N-dealkylation sites (tertiary alicyclic amines) is 1. The van der Waals surface area contributed by atoms with E-state index in [2.05, 4.69) is 22.1 Å². The summed E-state index contributed by atoms with van der Waals surface area (Å²) in [5.41, 5.74) is 1.31. The minimum atomic E-state index is -0.352. The van der Waals surface area contributed by atoms with E-state index in [0.717, 1.165) is 25.1 Å². The third-order valence-corrected chi connectivity index (χ3v) is 5.69. The van der Waals surface area contributed by atoms with Crippen molar-refractivity contribution in [1.29, 1.82) is 0 Å². The molecule has 6 nitrogen and oxygen atoms in total. The van der Waals surface area contributed by atoms with Gasteiger partial charge in [0.2, 0.25) is 0 Å².